The van der Waals surface area contributed by atoms with Crippen molar-refractivity contribution in [3.05, 3.63) is 42.3 Å². The van der Waals surface area contributed by atoms with Gasteiger partial charge in [-0.25, -0.2) is 17.6 Å². The van der Waals surface area contributed by atoms with E-state index >= 15 is 0 Å². The van der Waals surface area contributed by atoms with Crippen molar-refractivity contribution >= 4 is 15.9 Å². The van der Waals surface area contributed by atoms with Crippen LogP contribution in [0.2, 0.25) is 0 Å². The second-order valence-corrected chi connectivity index (χ2v) is 6.41. The molecule has 0 saturated heterocycles. The molecular weight excluding hydrogens is 309 g/mol. The molecule has 2 rings (SSSR count). The molecular formula is C14H16FN3O3S. The van der Waals surface area contributed by atoms with Crippen molar-refractivity contribution in [2.45, 2.75) is 23.8 Å². The van der Waals surface area contributed by atoms with Crippen molar-refractivity contribution in [1.29, 1.82) is 0 Å². The minimum atomic E-state index is -3.88. The summed E-state index contributed by atoms with van der Waals surface area (Å²) in [6.45, 7) is 4.63. The van der Waals surface area contributed by atoms with E-state index in [0.29, 0.717) is 13.1 Å². The maximum Gasteiger partial charge on any atom is 0.344 e. The van der Waals surface area contributed by atoms with Crippen LogP contribution in [-0.2, 0) is 9.84 Å². The zero-order valence-electron chi connectivity index (χ0n) is 12.2. The van der Waals surface area contributed by atoms with Crippen LogP contribution in [0.1, 0.15) is 13.8 Å². The van der Waals surface area contributed by atoms with Crippen LogP contribution >= 0.6 is 0 Å². The topological polar surface area (TPSA) is 72.3 Å². The molecule has 0 aliphatic heterocycles. The van der Waals surface area contributed by atoms with Crippen LogP contribution < -0.4 is 0 Å². The molecule has 22 heavy (non-hydrogen) atoms. The average molecular weight is 325 g/mol. The van der Waals surface area contributed by atoms with E-state index in [4.69, 9.17) is 0 Å². The smallest absolute Gasteiger partial charge is 0.323 e. The van der Waals surface area contributed by atoms with Gasteiger partial charge in [0.1, 0.15) is 5.82 Å². The van der Waals surface area contributed by atoms with E-state index in [2.05, 4.69) is 5.10 Å². The van der Waals surface area contributed by atoms with Gasteiger partial charge < -0.3 is 4.90 Å². The van der Waals surface area contributed by atoms with Crippen LogP contribution in [0.5, 0.6) is 0 Å². The number of rotatable bonds is 4. The van der Waals surface area contributed by atoms with Gasteiger partial charge in [-0.15, -0.1) is 0 Å². The van der Waals surface area contributed by atoms with Crippen LogP contribution in [0.15, 0.2) is 46.5 Å². The first kappa shape index (κ1) is 16.2. The molecule has 0 bridgehead atoms. The molecule has 0 fully saturated rings. The highest BCUT2D eigenvalue weighted by Gasteiger charge is 2.23. The first-order valence-corrected chi connectivity index (χ1v) is 8.24. The fraction of sp³-hybridized carbons (Fsp3) is 0.286. The molecule has 8 heteroatoms. The van der Waals surface area contributed by atoms with Gasteiger partial charge in [-0.3, -0.25) is 0 Å². The van der Waals surface area contributed by atoms with Gasteiger partial charge in [0.05, 0.1) is 4.90 Å². The monoisotopic (exact) mass is 325 g/mol. The minimum Gasteiger partial charge on any atom is -0.323 e. The zero-order valence-corrected chi connectivity index (χ0v) is 13.0. The number of carbonyl (C=O) groups excluding carboxylic acids is 1. The van der Waals surface area contributed by atoms with Gasteiger partial charge in [0.2, 0.25) is 9.84 Å². The predicted molar refractivity (Wildman–Crippen MR) is 77.8 cm³/mol. The second-order valence-electron chi connectivity index (χ2n) is 4.51. The number of aromatic nitrogens is 2. The highest BCUT2D eigenvalue weighted by atomic mass is 32.2. The summed E-state index contributed by atoms with van der Waals surface area (Å²) in [6.07, 6.45) is 1.30. The van der Waals surface area contributed by atoms with Gasteiger partial charge in [-0.2, -0.15) is 9.78 Å². The number of carbonyl (C=O) groups is 1. The molecule has 1 amide bonds. The van der Waals surface area contributed by atoms with E-state index in [9.17, 15) is 17.6 Å². The second kappa shape index (κ2) is 6.27. The Kier molecular flexibility index (Phi) is 4.60. The Hall–Kier alpha value is -2.22. The summed E-state index contributed by atoms with van der Waals surface area (Å²) >= 11 is 0. The molecule has 1 aromatic carbocycles. The van der Waals surface area contributed by atoms with Crippen molar-refractivity contribution in [2.75, 3.05) is 13.1 Å². The fourth-order valence-electron chi connectivity index (χ4n) is 1.93. The number of sulfone groups is 1. The summed E-state index contributed by atoms with van der Waals surface area (Å²) in [7, 11) is -3.88. The third kappa shape index (κ3) is 3.01. The van der Waals surface area contributed by atoms with Crippen molar-refractivity contribution in [1.82, 2.24) is 14.7 Å². The normalized spacial score (nSPS) is 11.4. The maximum absolute atomic E-state index is 12.9. The lowest BCUT2D eigenvalue weighted by atomic mass is 10.4. The lowest BCUT2D eigenvalue weighted by molar-refractivity contribution is 0.201. The molecule has 1 heterocycles. The van der Waals surface area contributed by atoms with E-state index in [0.717, 1.165) is 28.9 Å². The van der Waals surface area contributed by atoms with E-state index in [1.165, 1.54) is 17.2 Å². The molecule has 0 unspecified atom stereocenters. The Morgan fingerprint density at radius 1 is 1.18 bits per heavy atom. The lowest BCUT2D eigenvalue weighted by Crippen LogP contribution is -2.34. The Labute approximate surface area is 128 Å². The first-order chi connectivity index (χ1) is 10.4. The molecule has 0 saturated carbocycles. The standard InChI is InChI=1S/C14H16FN3O3S/c1-3-17(4-2)14(19)18-10-9-13(16-18)22(20,21)12-7-5-11(15)6-8-12/h5-10H,3-4H2,1-2H3. The number of amides is 1. The summed E-state index contributed by atoms with van der Waals surface area (Å²) in [4.78, 5) is 13.6. The van der Waals surface area contributed by atoms with E-state index < -0.39 is 21.7 Å². The van der Waals surface area contributed by atoms with Gasteiger partial charge in [0, 0.05) is 19.3 Å². The molecule has 0 radical (unpaired) electrons. The molecule has 0 aliphatic carbocycles. The zero-order chi connectivity index (χ0) is 16.3. The van der Waals surface area contributed by atoms with Gasteiger partial charge in [-0.1, -0.05) is 0 Å². The van der Waals surface area contributed by atoms with E-state index in [-0.39, 0.29) is 9.92 Å². The van der Waals surface area contributed by atoms with Crippen LogP contribution in [0, 0.1) is 5.82 Å². The number of benzene rings is 1. The lowest BCUT2D eigenvalue weighted by Gasteiger charge is -2.17. The van der Waals surface area contributed by atoms with Gasteiger partial charge in [0.25, 0.3) is 0 Å². The quantitative estimate of drug-likeness (QED) is 0.808. The molecule has 0 spiro atoms. The molecule has 0 aliphatic rings. The Balaban J connectivity index is 2.35. The van der Waals surface area contributed by atoms with Crippen molar-refractivity contribution in [3.63, 3.8) is 0 Å². The predicted octanol–water partition coefficient (Wildman–Crippen LogP) is 2.16. The molecule has 2 aromatic rings. The number of hydrogen-bond donors (Lipinski definition) is 0. The summed E-state index contributed by atoms with van der Waals surface area (Å²) < 4.78 is 38.6. The summed E-state index contributed by atoms with van der Waals surface area (Å²) in [5.41, 5.74) is 0. The maximum atomic E-state index is 12.9. The highest BCUT2D eigenvalue weighted by molar-refractivity contribution is 7.91. The van der Waals surface area contributed by atoms with Crippen LogP contribution in [0.4, 0.5) is 9.18 Å². The molecule has 118 valence electrons. The third-order valence-corrected chi connectivity index (χ3v) is 4.85. The SMILES string of the molecule is CCN(CC)C(=O)n1ccc(S(=O)(=O)c2ccc(F)cc2)n1. The number of halogens is 1. The average Bonchev–Trinajstić information content (AvgIpc) is 2.99. The minimum absolute atomic E-state index is 0.0746. The number of nitrogens with zero attached hydrogens (tertiary/aromatic N) is 3. The van der Waals surface area contributed by atoms with Gasteiger partial charge >= 0.3 is 6.03 Å². The largest absolute Gasteiger partial charge is 0.344 e. The fourth-order valence-corrected chi connectivity index (χ4v) is 3.10. The summed E-state index contributed by atoms with van der Waals surface area (Å²) in [5, 5.41) is 3.59. The molecule has 6 nitrogen and oxygen atoms in total. The van der Waals surface area contributed by atoms with E-state index in [1.807, 2.05) is 13.8 Å². The highest BCUT2D eigenvalue weighted by Crippen LogP contribution is 2.19. The van der Waals surface area contributed by atoms with Gasteiger partial charge in [0.15, 0.2) is 5.03 Å². The van der Waals surface area contributed by atoms with Crippen molar-refractivity contribution < 1.29 is 17.6 Å². The first-order valence-electron chi connectivity index (χ1n) is 6.75. The summed E-state index contributed by atoms with van der Waals surface area (Å²) in [5.74, 6) is -0.527. The van der Waals surface area contributed by atoms with Crippen LogP contribution in [0.25, 0.3) is 0 Å². The molecule has 0 N–H and O–H groups in total. The van der Waals surface area contributed by atoms with Crippen molar-refractivity contribution in [2.24, 2.45) is 0 Å². The van der Waals surface area contributed by atoms with Crippen molar-refractivity contribution in [3.8, 4) is 0 Å². The molecule has 1 aromatic heterocycles. The van der Waals surface area contributed by atoms with Crippen LogP contribution in [0.3, 0.4) is 0 Å². The Morgan fingerprint density at radius 2 is 1.77 bits per heavy atom. The van der Waals surface area contributed by atoms with Gasteiger partial charge in [-0.05, 0) is 44.2 Å². The van der Waals surface area contributed by atoms with Crippen LogP contribution in [-0.4, -0.2) is 42.2 Å². The Bertz CT molecular complexity index is 765. The molecule has 0 atom stereocenters. The Morgan fingerprint density at radius 3 is 2.32 bits per heavy atom. The summed E-state index contributed by atoms with van der Waals surface area (Å²) in [6, 6.07) is 5.30. The van der Waals surface area contributed by atoms with E-state index in [1.54, 1.807) is 0 Å². The number of hydrogen-bond acceptors (Lipinski definition) is 4. The third-order valence-electron chi connectivity index (χ3n) is 3.19.